The number of rotatable bonds is 5. The van der Waals surface area contributed by atoms with Gasteiger partial charge in [0.1, 0.15) is 0 Å². The number of anilines is 1. The smallest absolute Gasteiger partial charge is 0.0509 e. The minimum Gasteiger partial charge on any atom is -0.372 e. The molecule has 0 heterocycles. The van der Waals surface area contributed by atoms with E-state index in [1.54, 1.807) is 0 Å². The van der Waals surface area contributed by atoms with Crippen LogP contribution in [0.4, 0.5) is 5.69 Å². The maximum atomic E-state index is 6.14. The molecule has 0 bridgehead atoms. The molecule has 1 aromatic carbocycles. The van der Waals surface area contributed by atoms with Crippen LogP contribution in [0.2, 0.25) is 5.02 Å². The Kier molecular flexibility index (Phi) is 5.43. The Morgan fingerprint density at radius 2 is 2.06 bits per heavy atom. The lowest BCUT2D eigenvalue weighted by Crippen LogP contribution is -2.29. The number of hydrogen-bond donors (Lipinski definition) is 0. The summed E-state index contributed by atoms with van der Waals surface area (Å²) in [7, 11) is 2.10. The number of halogens is 2. The van der Waals surface area contributed by atoms with Crippen molar-refractivity contribution in [2.75, 3.05) is 11.9 Å². The summed E-state index contributed by atoms with van der Waals surface area (Å²) in [6.07, 6.45) is 2.35. The van der Waals surface area contributed by atoms with Gasteiger partial charge in [-0.15, -0.1) is 11.6 Å². The van der Waals surface area contributed by atoms with Crippen LogP contribution in [-0.4, -0.2) is 13.1 Å². The Morgan fingerprint density at radius 1 is 1.38 bits per heavy atom. The molecule has 1 nitrogen and oxygen atoms in total. The van der Waals surface area contributed by atoms with Crippen LogP contribution in [0.25, 0.3) is 0 Å². The minimum absolute atomic E-state index is 0.457. The van der Waals surface area contributed by atoms with Crippen molar-refractivity contribution in [3.8, 4) is 0 Å². The summed E-state index contributed by atoms with van der Waals surface area (Å²) in [6, 6.07) is 6.45. The highest BCUT2D eigenvalue weighted by Crippen LogP contribution is 2.29. The van der Waals surface area contributed by atoms with Crippen LogP contribution < -0.4 is 4.90 Å². The SMILES string of the molecule is CCCC(C)N(C)c1cccc(Cl)c1CCl. The molecule has 1 aromatic rings. The van der Waals surface area contributed by atoms with Crippen molar-refractivity contribution in [2.45, 2.75) is 38.6 Å². The van der Waals surface area contributed by atoms with Crippen molar-refractivity contribution in [1.82, 2.24) is 0 Å². The molecule has 1 rings (SSSR count). The van der Waals surface area contributed by atoms with E-state index < -0.39 is 0 Å². The molecule has 0 amide bonds. The van der Waals surface area contributed by atoms with Gasteiger partial charge in [-0.3, -0.25) is 0 Å². The van der Waals surface area contributed by atoms with Gasteiger partial charge in [-0.2, -0.15) is 0 Å². The fraction of sp³-hybridized carbons (Fsp3) is 0.538. The van der Waals surface area contributed by atoms with Crippen LogP contribution in [0.5, 0.6) is 0 Å². The number of alkyl halides is 1. The van der Waals surface area contributed by atoms with Gasteiger partial charge in [0, 0.05) is 29.4 Å². The minimum atomic E-state index is 0.457. The zero-order valence-corrected chi connectivity index (χ0v) is 11.6. The summed E-state index contributed by atoms with van der Waals surface area (Å²) in [6.45, 7) is 4.42. The van der Waals surface area contributed by atoms with Crippen molar-refractivity contribution >= 4 is 28.9 Å². The summed E-state index contributed by atoms with van der Waals surface area (Å²) in [5, 5.41) is 0.753. The van der Waals surface area contributed by atoms with E-state index in [-0.39, 0.29) is 0 Å². The van der Waals surface area contributed by atoms with Crippen molar-refractivity contribution in [3.63, 3.8) is 0 Å². The Labute approximate surface area is 108 Å². The first-order valence-electron chi connectivity index (χ1n) is 5.68. The van der Waals surface area contributed by atoms with Crippen LogP contribution in [-0.2, 0) is 5.88 Å². The van der Waals surface area contributed by atoms with Gasteiger partial charge < -0.3 is 4.90 Å². The molecule has 16 heavy (non-hydrogen) atoms. The highest BCUT2D eigenvalue weighted by molar-refractivity contribution is 6.32. The van der Waals surface area contributed by atoms with Crippen LogP contribution in [0, 0.1) is 0 Å². The molecule has 1 atom stereocenters. The summed E-state index contributed by atoms with van der Waals surface area (Å²) in [4.78, 5) is 2.26. The normalized spacial score (nSPS) is 12.6. The van der Waals surface area contributed by atoms with Crippen LogP contribution in [0.1, 0.15) is 32.3 Å². The third-order valence-electron chi connectivity index (χ3n) is 2.98. The number of hydrogen-bond acceptors (Lipinski definition) is 1. The van der Waals surface area contributed by atoms with E-state index in [0.29, 0.717) is 11.9 Å². The molecule has 0 aliphatic heterocycles. The Morgan fingerprint density at radius 3 is 2.62 bits per heavy atom. The Hall–Kier alpha value is -0.400. The van der Waals surface area contributed by atoms with Crippen molar-refractivity contribution < 1.29 is 0 Å². The maximum absolute atomic E-state index is 6.14. The summed E-state index contributed by atoms with van der Waals surface area (Å²) >= 11 is 12.1. The number of benzene rings is 1. The van der Waals surface area contributed by atoms with Gasteiger partial charge in [0.25, 0.3) is 0 Å². The molecule has 1 unspecified atom stereocenters. The first-order valence-corrected chi connectivity index (χ1v) is 6.59. The van der Waals surface area contributed by atoms with E-state index in [2.05, 4.69) is 31.9 Å². The van der Waals surface area contributed by atoms with Gasteiger partial charge in [0.15, 0.2) is 0 Å². The lowest BCUT2D eigenvalue weighted by Gasteiger charge is -2.29. The number of nitrogens with zero attached hydrogens (tertiary/aromatic N) is 1. The monoisotopic (exact) mass is 259 g/mol. The van der Waals surface area contributed by atoms with E-state index in [1.165, 1.54) is 12.8 Å². The lowest BCUT2D eigenvalue weighted by atomic mass is 10.1. The second-order valence-corrected chi connectivity index (χ2v) is 4.79. The van der Waals surface area contributed by atoms with E-state index in [1.807, 2.05) is 12.1 Å². The van der Waals surface area contributed by atoms with Crippen LogP contribution in [0.3, 0.4) is 0 Å². The van der Waals surface area contributed by atoms with Crippen LogP contribution >= 0.6 is 23.2 Å². The first kappa shape index (κ1) is 13.7. The van der Waals surface area contributed by atoms with Gasteiger partial charge in [-0.05, 0) is 25.5 Å². The zero-order chi connectivity index (χ0) is 12.1. The third-order valence-corrected chi connectivity index (χ3v) is 3.60. The molecule has 0 saturated heterocycles. The summed E-state index contributed by atoms with van der Waals surface area (Å²) in [5.74, 6) is 0.457. The largest absolute Gasteiger partial charge is 0.372 e. The molecule has 0 aromatic heterocycles. The van der Waals surface area contributed by atoms with Gasteiger partial charge in [0.05, 0.1) is 5.88 Å². The quantitative estimate of drug-likeness (QED) is 0.693. The molecular weight excluding hydrogens is 241 g/mol. The average molecular weight is 260 g/mol. The zero-order valence-electron chi connectivity index (χ0n) is 10.1. The predicted molar refractivity (Wildman–Crippen MR) is 73.8 cm³/mol. The Bertz CT molecular complexity index is 339. The molecule has 0 fully saturated rings. The van der Waals surface area contributed by atoms with E-state index in [4.69, 9.17) is 23.2 Å². The third kappa shape index (κ3) is 3.05. The van der Waals surface area contributed by atoms with Crippen molar-refractivity contribution in [3.05, 3.63) is 28.8 Å². The van der Waals surface area contributed by atoms with Crippen molar-refractivity contribution in [2.24, 2.45) is 0 Å². The maximum Gasteiger partial charge on any atom is 0.0509 e. The second-order valence-electron chi connectivity index (χ2n) is 4.12. The molecule has 3 heteroatoms. The Balaban J connectivity index is 2.98. The first-order chi connectivity index (χ1) is 7.61. The topological polar surface area (TPSA) is 3.24 Å². The highest BCUT2D eigenvalue weighted by atomic mass is 35.5. The fourth-order valence-electron chi connectivity index (χ4n) is 1.86. The van der Waals surface area contributed by atoms with Crippen LogP contribution in [0.15, 0.2) is 18.2 Å². The highest BCUT2D eigenvalue weighted by Gasteiger charge is 2.14. The average Bonchev–Trinajstić information content (AvgIpc) is 2.28. The van der Waals surface area contributed by atoms with Gasteiger partial charge >= 0.3 is 0 Å². The predicted octanol–water partition coefficient (Wildman–Crippen LogP) is 4.70. The molecule has 0 radical (unpaired) electrons. The molecule has 90 valence electrons. The van der Waals surface area contributed by atoms with Gasteiger partial charge in [0.2, 0.25) is 0 Å². The van der Waals surface area contributed by atoms with Gasteiger partial charge in [-0.25, -0.2) is 0 Å². The molecular formula is C13H19Cl2N. The lowest BCUT2D eigenvalue weighted by molar-refractivity contribution is 0.615. The van der Waals surface area contributed by atoms with E-state index in [0.717, 1.165) is 16.3 Å². The molecule has 0 aliphatic carbocycles. The van der Waals surface area contributed by atoms with E-state index in [9.17, 15) is 0 Å². The molecule has 0 N–H and O–H groups in total. The second kappa shape index (κ2) is 6.36. The summed E-state index contributed by atoms with van der Waals surface area (Å²) in [5.41, 5.74) is 2.17. The molecule has 0 saturated carbocycles. The molecule has 0 aliphatic rings. The van der Waals surface area contributed by atoms with Crippen molar-refractivity contribution in [1.29, 1.82) is 0 Å². The summed E-state index contributed by atoms with van der Waals surface area (Å²) < 4.78 is 0. The van der Waals surface area contributed by atoms with Gasteiger partial charge in [-0.1, -0.05) is 31.0 Å². The standard InChI is InChI=1S/C13H19Cl2N/c1-4-6-10(2)16(3)13-8-5-7-12(15)11(13)9-14/h5,7-8,10H,4,6,9H2,1-3H3. The molecule has 0 spiro atoms. The van der Waals surface area contributed by atoms with E-state index >= 15 is 0 Å². The fourth-order valence-corrected chi connectivity index (χ4v) is 2.44.